The predicted octanol–water partition coefficient (Wildman–Crippen LogP) is 5.34. The third-order valence-corrected chi connectivity index (χ3v) is 8.33. The van der Waals surface area contributed by atoms with E-state index in [1.807, 2.05) is 30.5 Å². The van der Waals surface area contributed by atoms with Crippen LogP contribution < -0.4 is 14.9 Å². The van der Waals surface area contributed by atoms with E-state index < -0.39 is 16.9 Å². The Morgan fingerprint density at radius 2 is 2.00 bits per heavy atom. The summed E-state index contributed by atoms with van der Waals surface area (Å²) < 4.78 is 13.1. The standard InChI is InChI=1S/C28H22ClN3O6S2/c1-4-37-27(34)24-15(2)30-28-31(25(24)16-5-9-19(39-3)10-6-16)26(33)23(40-28)14-18-8-12-22(38-18)20-13-17(32(35)36)7-11-21(20)29/h5-14,25H,4H2,1-3H3/b23-14-/t25-/m0/s1. The summed E-state index contributed by atoms with van der Waals surface area (Å²) in [5.41, 5.74) is 1.43. The SMILES string of the molecule is CCOC(=O)C1=C(C)N=c2s/c(=C\c3ccc(-c4cc([N+](=O)[O-])ccc4Cl)o3)c(=O)n2[C@H]1c1ccc(SC)cc1. The quantitative estimate of drug-likeness (QED) is 0.122. The normalized spacial score (nSPS) is 15.1. The number of nitro groups is 1. The summed E-state index contributed by atoms with van der Waals surface area (Å²) >= 11 is 9.03. The molecule has 204 valence electrons. The van der Waals surface area contributed by atoms with Crippen LogP contribution >= 0.6 is 34.7 Å². The second kappa shape index (κ2) is 11.3. The number of hydrogen-bond donors (Lipinski definition) is 0. The third kappa shape index (κ3) is 5.15. The number of rotatable bonds is 7. The van der Waals surface area contributed by atoms with Crippen LogP contribution in [0.5, 0.6) is 0 Å². The van der Waals surface area contributed by atoms with Gasteiger partial charge < -0.3 is 9.15 Å². The van der Waals surface area contributed by atoms with Gasteiger partial charge in [0.25, 0.3) is 11.2 Å². The molecule has 0 N–H and O–H groups in total. The fourth-order valence-corrected chi connectivity index (χ4v) is 6.06. The minimum Gasteiger partial charge on any atom is -0.463 e. The lowest BCUT2D eigenvalue weighted by Crippen LogP contribution is -2.39. The molecule has 0 unspecified atom stereocenters. The zero-order valence-corrected chi connectivity index (χ0v) is 23.9. The zero-order valence-electron chi connectivity index (χ0n) is 21.5. The van der Waals surface area contributed by atoms with Crippen molar-refractivity contribution in [1.82, 2.24) is 4.57 Å². The van der Waals surface area contributed by atoms with E-state index in [1.54, 1.807) is 43.8 Å². The number of thioether (sulfide) groups is 1. The van der Waals surface area contributed by atoms with E-state index in [0.29, 0.717) is 42.7 Å². The van der Waals surface area contributed by atoms with Crippen molar-refractivity contribution in [2.24, 2.45) is 4.99 Å². The van der Waals surface area contributed by atoms with E-state index in [0.717, 1.165) is 10.5 Å². The molecule has 3 heterocycles. The Kier molecular flexibility index (Phi) is 7.79. The first kappa shape index (κ1) is 27.6. The lowest BCUT2D eigenvalue weighted by atomic mass is 9.96. The summed E-state index contributed by atoms with van der Waals surface area (Å²) in [4.78, 5) is 43.6. The van der Waals surface area contributed by atoms with Gasteiger partial charge in [-0.1, -0.05) is 35.1 Å². The van der Waals surface area contributed by atoms with Crippen molar-refractivity contribution >= 4 is 52.4 Å². The second-order valence-electron chi connectivity index (χ2n) is 8.70. The molecule has 0 radical (unpaired) electrons. The number of allylic oxidation sites excluding steroid dienone is 1. The van der Waals surface area contributed by atoms with E-state index in [1.165, 1.54) is 34.1 Å². The minimum absolute atomic E-state index is 0.121. The summed E-state index contributed by atoms with van der Waals surface area (Å²) in [6, 6.07) is 14.3. The molecule has 0 saturated carbocycles. The highest BCUT2D eigenvalue weighted by atomic mass is 35.5. The lowest BCUT2D eigenvalue weighted by molar-refractivity contribution is -0.384. The molecule has 1 atom stereocenters. The van der Waals surface area contributed by atoms with Gasteiger partial charge in [-0.2, -0.15) is 0 Å². The monoisotopic (exact) mass is 595 g/mol. The van der Waals surface area contributed by atoms with Crippen LogP contribution in [-0.2, 0) is 9.53 Å². The van der Waals surface area contributed by atoms with Gasteiger partial charge in [0.15, 0.2) is 4.80 Å². The molecular weight excluding hydrogens is 574 g/mol. The molecule has 0 amide bonds. The number of ether oxygens (including phenoxy) is 1. The van der Waals surface area contributed by atoms with Crippen molar-refractivity contribution in [3.63, 3.8) is 0 Å². The molecular formula is C28H22ClN3O6S2. The van der Waals surface area contributed by atoms with Crippen LogP contribution in [0, 0.1) is 10.1 Å². The van der Waals surface area contributed by atoms with E-state index in [-0.39, 0.29) is 17.9 Å². The summed E-state index contributed by atoms with van der Waals surface area (Å²) in [6.07, 6.45) is 3.55. The number of benzene rings is 2. The number of thiazole rings is 1. The first-order valence-corrected chi connectivity index (χ1v) is 14.5. The Hall–Kier alpha value is -3.93. The van der Waals surface area contributed by atoms with Crippen LogP contribution in [0.4, 0.5) is 5.69 Å². The average Bonchev–Trinajstić information content (AvgIpc) is 3.52. The number of halogens is 1. The number of furan rings is 1. The van der Waals surface area contributed by atoms with Gasteiger partial charge in [-0.15, -0.1) is 11.8 Å². The Morgan fingerprint density at radius 3 is 2.67 bits per heavy atom. The maximum Gasteiger partial charge on any atom is 0.338 e. The number of aromatic nitrogens is 1. The van der Waals surface area contributed by atoms with Gasteiger partial charge >= 0.3 is 5.97 Å². The summed E-state index contributed by atoms with van der Waals surface area (Å²) in [5.74, 6) is 0.145. The predicted molar refractivity (Wildman–Crippen MR) is 154 cm³/mol. The van der Waals surface area contributed by atoms with Gasteiger partial charge in [-0.3, -0.25) is 19.5 Å². The average molecular weight is 596 g/mol. The molecule has 0 aliphatic carbocycles. The maximum atomic E-state index is 13.8. The van der Waals surface area contributed by atoms with Crippen molar-refractivity contribution in [3.8, 4) is 11.3 Å². The van der Waals surface area contributed by atoms with Crippen LogP contribution in [0.15, 0.2) is 85.0 Å². The number of esters is 1. The molecule has 0 bridgehead atoms. The number of nitro benzene ring substituents is 1. The van der Waals surface area contributed by atoms with Crippen molar-refractivity contribution in [2.75, 3.05) is 12.9 Å². The van der Waals surface area contributed by atoms with Crippen LogP contribution in [0.25, 0.3) is 17.4 Å². The Bertz CT molecular complexity index is 1850. The largest absolute Gasteiger partial charge is 0.463 e. The molecule has 1 aliphatic rings. The highest BCUT2D eigenvalue weighted by Crippen LogP contribution is 2.33. The minimum atomic E-state index is -0.718. The summed E-state index contributed by atoms with van der Waals surface area (Å²) in [5, 5.41) is 11.5. The van der Waals surface area contributed by atoms with Gasteiger partial charge in [-0.05, 0) is 56.0 Å². The molecule has 0 fully saturated rings. The summed E-state index contributed by atoms with van der Waals surface area (Å²) in [6.45, 7) is 3.64. The van der Waals surface area contributed by atoms with Crippen LogP contribution in [0.2, 0.25) is 5.02 Å². The number of nitrogens with zero attached hydrogens (tertiary/aromatic N) is 3. The first-order chi connectivity index (χ1) is 19.2. The van der Waals surface area contributed by atoms with Crippen molar-refractivity contribution in [2.45, 2.75) is 24.8 Å². The Morgan fingerprint density at radius 1 is 1.25 bits per heavy atom. The molecule has 2 aromatic heterocycles. The van der Waals surface area contributed by atoms with E-state index in [9.17, 15) is 19.7 Å². The molecule has 1 aliphatic heterocycles. The molecule has 2 aromatic carbocycles. The van der Waals surface area contributed by atoms with Gasteiger partial charge in [0, 0.05) is 28.7 Å². The van der Waals surface area contributed by atoms with Crippen molar-refractivity contribution < 1.29 is 18.9 Å². The Balaban J connectivity index is 1.62. The number of carbonyl (C=O) groups is 1. The smallest absolute Gasteiger partial charge is 0.338 e. The van der Waals surface area contributed by atoms with Crippen molar-refractivity contribution in [1.29, 1.82) is 0 Å². The van der Waals surface area contributed by atoms with E-state index in [4.69, 9.17) is 20.8 Å². The van der Waals surface area contributed by atoms with Gasteiger partial charge in [0.2, 0.25) is 0 Å². The molecule has 0 spiro atoms. The van der Waals surface area contributed by atoms with Crippen LogP contribution in [0.1, 0.15) is 31.2 Å². The zero-order chi connectivity index (χ0) is 28.6. The number of non-ortho nitro benzene ring substituents is 1. The van der Waals surface area contributed by atoms with Gasteiger partial charge in [-0.25, -0.2) is 9.79 Å². The molecule has 5 rings (SSSR count). The van der Waals surface area contributed by atoms with Gasteiger partial charge in [0.05, 0.1) is 38.4 Å². The fourth-order valence-electron chi connectivity index (χ4n) is 4.41. The molecule has 12 heteroatoms. The highest BCUT2D eigenvalue weighted by molar-refractivity contribution is 7.98. The third-order valence-electron chi connectivity index (χ3n) is 6.27. The Labute approximate surface area is 241 Å². The van der Waals surface area contributed by atoms with Crippen LogP contribution in [-0.4, -0.2) is 28.3 Å². The molecule has 40 heavy (non-hydrogen) atoms. The number of carbonyl (C=O) groups excluding carboxylic acids is 1. The van der Waals surface area contributed by atoms with E-state index in [2.05, 4.69) is 4.99 Å². The highest BCUT2D eigenvalue weighted by Gasteiger charge is 2.33. The number of hydrogen-bond acceptors (Lipinski definition) is 9. The second-order valence-corrected chi connectivity index (χ2v) is 11.0. The van der Waals surface area contributed by atoms with Crippen LogP contribution in [0.3, 0.4) is 0 Å². The van der Waals surface area contributed by atoms with Gasteiger partial charge in [0.1, 0.15) is 11.5 Å². The van der Waals surface area contributed by atoms with Crippen molar-refractivity contribution in [3.05, 3.63) is 112 Å². The van der Waals surface area contributed by atoms with E-state index >= 15 is 0 Å². The summed E-state index contributed by atoms with van der Waals surface area (Å²) in [7, 11) is 0. The topological polar surface area (TPSA) is 117 Å². The maximum absolute atomic E-state index is 13.8. The lowest BCUT2D eigenvalue weighted by Gasteiger charge is -2.24. The molecule has 9 nitrogen and oxygen atoms in total. The number of fused-ring (bicyclic) bond motifs is 1. The first-order valence-electron chi connectivity index (χ1n) is 12.1. The molecule has 4 aromatic rings. The fraction of sp³-hybridized carbons (Fsp3) is 0.179. The molecule has 0 saturated heterocycles.